The van der Waals surface area contributed by atoms with Gasteiger partial charge in [0.25, 0.3) is 0 Å². The van der Waals surface area contributed by atoms with Gasteiger partial charge < -0.3 is 10.6 Å². The lowest BCUT2D eigenvalue weighted by Crippen LogP contribution is -2.37. The largest absolute Gasteiger partial charge is 0.350 e. The maximum atomic E-state index is 10.7. The van der Waals surface area contributed by atoms with Gasteiger partial charge in [0.1, 0.15) is 12.1 Å². The van der Waals surface area contributed by atoms with Crippen LogP contribution in [-0.4, -0.2) is 28.1 Å². The van der Waals surface area contributed by atoms with Gasteiger partial charge in [-0.1, -0.05) is 18.7 Å². The summed E-state index contributed by atoms with van der Waals surface area (Å²) < 4.78 is 1.23. The van der Waals surface area contributed by atoms with Crippen molar-refractivity contribution < 1.29 is 4.79 Å². The molecule has 1 aromatic heterocycles. The molecule has 8 heteroatoms. The van der Waals surface area contributed by atoms with Gasteiger partial charge in [-0.25, -0.2) is 19.9 Å². The van der Waals surface area contributed by atoms with Crippen LogP contribution in [0.3, 0.4) is 0 Å². The Kier molecular flexibility index (Phi) is 3.23. The van der Waals surface area contributed by atoms with Gasteiger partial charge in [-0.15, -0.1) is 0 Å². The van der Waals surface area contributed by atoms with Gasteiger partial charge in [0, 0.05) is 6.54 Å². The Labute approximate surface area is 102 Å². The highest BCUT2D eigenvalue weighted by molar-refractivity contribution is 7.99. The first-order valence-electron chi connectivity index (χ1n) is 5.24. The molecule has 0 atom stereocenters. The van der Waals surface area contributed by atoms with Crippen molar-refractivity contribution in [1.29, 1.82) is 5.41 Å². The number of hydrogen-bond acceptors (Lipinski definition) is 5. The van der Waals surface area contributed by atoms with Gasteiger partial charge in [-0.2, -0.15) is 0 Å². The number of nitrogens with zero attached hydrogens (tertiary/aromatic N) is 3. The second-order valence-corrected chi connectivity index (χ2v) is 4.58. The van der Waals surface area contributed by atoms with E-state index in [0.717, 1.165) is 29.6 Å². The maximum Gasteiger partial charge on any atom is 0.331 e. The number of fused-ring (bicyclic) bond motifs is 1. The Morgan fingerprint density at radius 2 is 2.53 bits per heavy atom. The number of nitrogens with one attached hydrogen (secondary N) is 2. The SMILES string of the molecule is CCCN1CSc2c1ncn(NC(N)=O)c2=N. The predicted octanol–water partition coefficient (Wildman–Crippen LogP) is 0.264. The lowest BCUT2D eigenvalue weighted by Gasteiger charge is -2.16. The molecule has 4 N–H and O–H groups in total. The third-order valence-corrected chi connectivity index (χ3v) is 3.45. The van der Waals surface area contributed by atoms with Crippen molar-refractivity contribution in [2.45, 2.75) is 18.2 Å². The van der Waals surface area contributed by atoms with Gasteiger partial charge in [-0.05, 0) is 6.42 Å². The molecule has 2 heterocycles. The number of rotatable bonds is 3. The molecule has 7 nitrogen and oxygen atoms in total. The number of thioether (sulfide) groups is 1. The highest BCUT2D eigenvalue weighted by Gasteiger charge is 2.23. The number of carbonyl (C=O) groups is 1. The van der Waals surface area contributed by atoms with Crippen LogP contribution in [0.15, 0.2) is 11.2 Å². The molecule has 0 saturated carbocycles. The molecule has 0 saturated heterocycles. The van der Waals surface area contributed by atoms with Gasteiger partial charge >= 0.3 is 6.03 Å². The summed E-state index contributed by atoms with van der Waals surface area (Å²) in [4.78, 5) is 17.9. The number of anilines is 1. The van der Waals surface area contributed by atoms with Crippen molar-refractivity contribution in [1.82, 2.24) is 9.66 Å². The van der Waals surface area contributed by atoms with Crippen LogP contribution >= 0.6 is 11.8 Å². The minimum atomic E-state index is -0.710. The van der Waals surface area contributed by atoms with E-state index >= 15 is 0 Å². The highest BCUT2D eigenvalue weighted by atomic mass is 32.2. The molecular weight excluding hydrogens is 240 g/mol. The van der Waals surface area contributed by atoms with Crippen molar-refractivity contribution in [3.8, 4) is 0 Å². The molecule has 92 valence electrons. The number of primary amides is 1. The summed E-state index contributed by atoms with van der Waals surface area (Å²) in [7, 11) is 0. The van der Waals surface area contributed by atoms with Crippen molar-refractivity contribution in [2.75, 3.05) is 22.7 Å². The number of nitrogens with two attached hydrogens (primary N) is 1. The molecule has 0 radical (unpaired) electrons. The lowest BCUT2D eigenvalue weighted by atomic mass is 10.4. The Morgan fingerprint density at radius 1 is 1.76 bits per heavy atom. The monoisotopic (exact) mass is 254 g/mol. The van der Waals surface area contributed by atoms with E-state index in [0.29, 0.717) is 0 Å². The predicted molar refractivity (Wildman–Crippen MR) is 65.4 cm³/mol. The number of aromatic nitrogens is 2. The van der Waals surface area contributed by atoms with Crippen LogP contribution in [0.1, 0.15) is 13.3 Å². The van der Waals surface area contributed by atoms with E-state index in [1.807, 2.05) is 0 Å². The van der Waals surface area contributed by atoms with E-state index in [-0.39, 0.29) is 5.49 Å². The molecule has 0 aromatic carbocycles. The first-order chi connectivity index (χ1) is 8.13. The minimum Gasteiger partial charge on any atom is -0.350 e. The standard InChI is InChI=1S/C9H14N6OS/c1-2-3-14-5-17-6-7(10)15(13-9(11)16)4-12-8(6)14/h4,10H,2-3,5H2,1H3,(H3,11,13,16). The summed E-state index contributed by atoms with van der Waals surface area (Å²) in [6.07, 6.45) is 2.43. The normalized spacial score (nSPS) is 13.6. The number of carbonyl (C=O) groups excluding carboxylic acids is 1. The Balaban J connectivity index is 2.35. The third kappa shape index (κ3) is 2.21. The van der Waals surface area contributed by atoms with Crippen LogP contribution < -0.4 is 21.5 Å². The van der Waals surface area contributed by atoms with E-state index in [4.69, 9.17) is 11.1 Å². The second kappa shape index (κ2) is 4.66. The first kappa shape index (κ1) is 11.8. The third-order valence-electron chi connectivity index (χ3n) is 2.34. The maximum absolute atomic E-state index is 10.7. The van der Waals surface area contributed by atoms with Crippen molar-refractivity contribution in [3.63, 3.8) is 0 Å². The van der Waals surface area contributed by atoms with Crippen molar-refractivity contribution in [3.05, 3.63) is 11.8 Å². The number of urea groups is 1. The molecule has 0 spiro atoms. The molecule has 1 aliphatic rings. The zero-order valence-corrected chi connectivity index (χ0v) is 10.3. The molecule has 0 unspecified atom stereocenters. The molecule has 0 fully saturated rings. The fourth-order valence-electron chi connectivity index (χ4n) is 1.65. The van der Waals surface area contributed by atoms with Crippen LogP contribution in [0.2, 0.25) is 0 Å². The fourth-order valence-corrected chi connectivity index (χ4v) is 2.73. The summed E-state index contributed by atoms with van der Waals surface area (Å²) in [6, 6.07) is -0.710. The lowest BCUT2D eigenvalue weighted by molar-refractivity contribution is 0.256. The van der Waals surface area contributed by atoms with Gasteiger partial charge in [0.2, 0.25) is 0 Å². The molecule has 2 rings (SSSR count). The average molecular weight is 254 g/mol. The summed E-state index contributed by atoms with van der Waals surface area (Å²) in [6.45, 7) is 3.02. The molecule has 1 aliphatic heterocycles. The zero-order valence-electron chi connectivity index (χ0n) is 9.43. The molecule has 0 aliphatic carbocycles. The van der Waals surface area contributed by atoms with E-state index in [9.17, 15) is 4.79 Å². The zero-order chi connectivity index (χ0) is 12.4. The molecular formula is C9H14N6OS. The second-order valence-electron chi connectivity index (χ2n) is 3.63. The Bertz CT molecular complexity index is 499. The van der Waals surface area contributed by atoms with E-state index < -0.39 is 6.03 Å². The highest BCUT2D eigenvalue weighted by Crippen LogP contribution is 2.33. The Morgan fingerprint density at radius 3 is 3.18 bits per heavy atom. The fraction of sp³-hybridized carbons (Fsp3) is 0.444. The quantitative estimate of drug-likeness (QED) is 0.720. The van der Waals surface area contributed by atoms with Crippen LogP contribution in [0.5, 0.6) is 0 Å². The topological polar surface area (TPSA) is 100 Å². The van der Waals surface area contributed by atoms with Gasteiger partial charge in [-0.3, -0.25) is 5.41 Å². The van der Waals surface area contributed by atoms with Gasteiger partial charge in [0.05, 0.1) is 10.8 Å². The van der Waals surface area contributed by atoms with Crippen molar-refractivity contribution in [2.24, 2.45) is 5.73 Å². The first-order valence-corrected chi connectivity index (χ1v) is 6.22. The average Bonchev–Trinajstić information content (AvgIpc) is 2.67. The van der Waals surface area contributed by atoms with Crippen LogP contribution in [0.4, 0.5) is 10.6 Å². The minimum absolute atomic E-state index is 0.206. The van der Waals surface area contributed by atoms with Gasteiger partial charge in [0.15, 0.2) is 5.49 Å². The molecule has 2 amide bonds. The van der Waals surface area contributed by atoms with E-state index in [1.165, 1.54) is 11.0 Å². The van der Waals surface area contributed by atoms with Crippen LogP contribution in [-0.2, 0) is 0 Å². The number of amides is 2. The van der Waals surface area contributed by atoms with Crippen LogP contribution in [0.25, 0.3) is 0 Å². The van der Waals surface area contributed by atoms with Crippen LogP contribution in [0, 0.1) is 5.41 Å². The summed E-state index contributed by atoms with van der Waals surface area (Å²) in [5.74, 6) is 1.60. The smallest absolute Gasteiger partial charge is 0.331 e. The molecule has 0 bridgehead atoms. The number of hydrogen-bond donors (Lipinski definition) is 3. The Hall–Kier alpha value is -1.70. The summed E-state index contributed by atoms with van der Waals surface area (Å²) in [5.41, 5.74) is 7.54. The molecule has 17 heavy (non-hydrogen) atoms. The summed E-state index contributed by atoms with van der Waals surface area (Å²) in [5, 5.41) is 7.95. The van der Waals surface area contributed by atoms with Crippen molar-refractivity contribution >= 4 is 23.6 Å². The van der Waals surface area contributed by atoms with E-state index in [1.54, 1.807) is 11.8 Å². The molecule has 1 aromatic rings. The summed E-state index contributed by atoms with van der Waals surface area (Å²) >= 11 is 1.55. The van der Waals surface area contributed by atoms with E-state index in [2.05, 4.69) is 22.2 Å².